The summed E-state index contributed by atoms with van der Waals surface area (Å²) in [5.41, 5.74) is 0.803. The van der Waals surface area contributed by atoms with Crippen LogP contribution in [0.25, 0.3) is 0 Å². The third-order valence-electron chi connectivity index (χ3n) is 2.19. The van der Waals surface area contributed by atoms with E-state index in [-0.39, 0.29) is 12.3 Å². The molecule has 1 rings (SSSR count). The Morgan fingerprint density at radius 1 is 1.19 bits per heavy atom. The van der Waals surface area contributed by atoms with Crippen LogP contribution in [-0.2, 0) is 9.47 Å². The minimum Gasteiger partial charge on any atom is -0.376 e. The van der Waals surface area contributed by atoms with E-state index >= 15 is 0 Å². The van der Waals surface area contributed by atoms with E-state index in [1.54, 1.807) is 26.4 Å². The van der Waals surface area contributed by atoms with Crippen molar-refractivity contribution >= 4 is 28.9 Å². The maximum atomic E-state index is 6.04. The lowest BCUT2D eigenvalue weighted by atomic mass is 10.2. The maximum Gasteiger partial charge on any atom is 0.176 e. The van der Waals surface area contributed by atoms with Gasteiger partial charge in [-0.3, -0.25) is 0 Å². The highest BCUT2D eigenvalue weighted by Crippen LogP contribution is 2.26. The summed E-state index contributed by atoms with van der Waals surface area (Å²) in [6, 6.07) is 5.27. The highest BCUT2D eigenvalue weighted by atomic mass is 35.5. The molecule has 0 amide bonds. The average Bonchev–Trinajstić information content (AvgIpc) is 2.24. The Hall–Kier alpha value is -0.480. The van der Waals surface area contributed by atoms with Crippen LogP contribution < -0.4 is 5.32 Å². The second-order valence-electron chi connectivity index (χ2n) is 3.40. The number of methoxy groups -OCH3 is 2. The summed E-state index contributed by atoms with van der Waals surface area (Å²) in [7, 11) is 3.19. The molecule has 1 aromatic rings. The quantitative estimate of drug-likeness (QED) is 0.826. The normalized spacial score (nSPS) is 12.9. The molecule has 0 aliphatic rings. The number of rotatable bonds is 5. The van der Waals surface area contributed by atoms with Gasteiger partial charge in [0.25, 0.3) is 0 Å². The zero-order valence-corrected chi connectivity index (χ0v) is 11.0. The molecule has 0 heterocycles. The smallest absolute Gasteiger partial charge is 0.176 e. The number of hydrogen-bond donors (Lipinski definition) is 1. The van der Waals surface area contributed by atoms with Crippen LogP contribution >= 0.6 is 23.2 Å². The van der Waals surface area contributed by atoms with Gasteiger partial charge in [0.2, 0.25) is 0 Å². The Labute approximate surface area is 106 Å². The Kier molecular flexibility index (Phi) is 5.35. The zero-order valence-electron chi connectivity index (χ0n) is 9.46. The number of benzene rings is 1. The molecule has 90 valence electrons. The molecular formula is C11H15Cl2NO2. The largest absolute Gasteiger partial charge is 0.376 e. The Bertz CT molecular complexity index is 343. The molecule has 0 radical (unpaired) electrons. The lowest BCUT2D eigenvalue weighted by molar-refractivity contribution is -0.109. The topological polar surface area (TPSA) is 30.5 Å². The average molecular weight is 264 g/mol. The third-order valence-corrected chi connectivity index (χ3v) is 2.73. The first-order valence-corrected chi connectivity index (χ1v) is 5.61. The standard InChI is InChI=1S/C11H15Cl2NO2/c1-7(11(15-2)16-3)14-10-5-4-8(12)6-9(10)13/h4-7,11,14H,1-3H3. The van der Waals surface area contributed by atoms with Gasteiger partial charge in [0.1, 0.15) is 0 Å². The Balaban J connectivity index is 2.72. The van der Waals surface area contributed by atoms with Crippen molar-refractivity contribution in [2.24, 2.45) is 0 Å². The highest BCUT2D eigenvalue weighted by molar-refractivity contribution is 6.36. The van der Waals surface area contributed by atoms with E-state index < -0.39 is 0 Å². The first-order chi connectivity index (χ1) is 7.58. The van der Waals surface area contributed by atoms with Gasteiger partial charge in [0, 0.05) is 19.2 Å². The molecule has 1 aromatic carbocycles. The zero-order chi connectivity index (χ0) is 12.1. The fourth-order valence-corrected chi connectivity index (χ4v) is 1.89. The summed E-state index contributed by atoms with van der Waals surface area (Å²) < 4.78 is 10.3. The molecule has 1 atom stereocenters. The molecule has 0 saturated heterocycles. The molecule has 1 N–H and O–H groups in total. The van der Waals surface area contributed by atoms with Crippen LogP contribution in [0.15, 0.2) is 18.2 Å². The van der Waals surface area contributed by atoms with E-state index in [0.717, 1.165) is 5.69 Å². The summed E-state index contributed by atoms with van der Waals surface area (Å²) in [4.78, 5) is 0. The van der Waals surface area contributed by atoms with Gasteiger partial charge in [-0.15, -0.1) is 0 Å². The van der Waals surface area contributed by atoms with Crippen molar-refractivity contribution in [3.63, 3.8) is 0 Å². The molecule has 5 heteroatoms. The summed E-state index contributed by atoms with van der Waals surface area (Å²) in [6.45, 7) is 1.95. The van der Waals surface area contributed by atoms with Crippen molar-refractivity contribution in [3.05, 3.63) is 28.2 Å². The molecule has 3 nitrogen and oxygen atoms in total. The molecule has 0 fully saturated rings. The minimum absolute atomic E-state index is 0.0197. The van der Waals surface area contributed by atoms with Crippen LogP contribution in [0.4, 0.5) is 5.69 Å². The van der Waals surface area contributed by atoms with Crippen molar-refractivity contribution in [2.75, 3.05) is 19.5 Å². The van der Waals surface area contributed by atoms with Crippen molar-refractivity contribution in [3.8, 4) is 0 Å². The van der Waals surface area contributed by atoms with Crippen molar-refractivity contribution in [2.45, 2.75) is 19.3 Å². The van der Waals surface area contributed by atoms with E-state index in [0.29, 0.717) is 10.0 Å². The fourth-order valence-electron chi connectivity index (χ4n) is 1.42. The van der Waals surface area contributed by atoms with Crippen LogP contribution in [0, 0.1) is 0 Å². The minimum atomic E-state index is -0.327. The summed E-state index contributed by atoms with van der Waals surface area (Å²) >= 11 is 11.8. The summed E-state index contributed by atoms with van der Waals surface area (Å²) in [5, 5.41) is 4.38. The van der Waals surface area contributed by atoms with Crippen LogP contribution in [-0.4, -0.2) is 26.6 Å². The number of anilines is 1. The van der Waals surface area contributed by atoms with E-state index in [1.165, 1.54) is 0 Å². The predicted octanol–water partition coefficient (Wildman–Crippen LogP) is 3.41. The molecule has 0 saturated carbocycles. The van der Waals surface area contributed by atoms with Gasteiger partial charge in [-0.1, -0.05) is 23.2 Å². The summed E-state index contributed by atoms with van der Waals surface area (Å²) in [6.07, 6.45) is -0.327. The maximum absolute atomic E-state index is 6.04. The van der Waals surface area contributed by atoms with E-state index in [1.807, 2.05) is 13.0 Å². The van der Waals surface area contributed by atoms with Gasteiger partial charge in [-0.2, -0.15) is 0 Å². The number of ether oxygens (including phenoxy) is 2. The molecule has 0 aromatic heterocycles. The van der Waals surface area contributed by atoms with Gasteiger partial charge in [-0.05, 0) is 25.1 Å². The SMILES string of the molecule is COC(OC)C(C)Nc1ccc(Cl)cc1Cl. The first kappa shape index (κ1) is 13.6. The van der Waals surface area contributed by atoms with Gasteiger partial charge in [0.05, 0.1) is 16.8 Å². The molecule has 0 aliphatic carbocycles. The first-order valence-electron chi connectivity index (χ1n) is 4.85. The van der Waals surface area contributed by atoms with Gasteiger partial charge < -0.3 is 14.8 Å². The second kappa shape index (κ2) is 6.30. The van der Waals surface area contributed by atoms with Gasteiger partial charge in [-0.25, -0.2) is 0 Å². The number of nitrogens with one attached hydrogen (secondary N) is 1. The van der Waals surface area contributed by atoms with Gasteiger partial charge >= 0.3 is 0 Å². The van der Waals surface area contributed by atoms with Crippen LogP contribution in [0.5, 0.6) is 0 Å². The lowest BCUT2D eigenvalue weighted by Crippen LogP contribution is -2.33. The van der Waals surface area contributed by atoms with E-state index in [9.17, 15) is 0 Å². The molecular weight excluding hydrogens is 249 g/mol. The molecule has 16 heavy (non-hydrogen) atoms. The molecule has 0 aliphatic heterocycles. The molecule has 1 unspecified atom stereocenters. The van der Waals surface area contributed by atoms with Gasteiger partial charge in [0.15, 0.2) is 6.29 Å². The Morgan fingerprint density at radius 2 is 1.81 bits per heavy atom. The van der Waals surface area contributed by atoms with Crippen LogP contribution in [0.3, 0.4) is 0 Å². The monoisotopic (exact) mass is 263 g/mol. The van der Waals surface area contributed by atoms with Crippen molar-refractivity contribution < 1.29 is 9.47 Å². The number of hydrogen-bond acceptors (Lipinski definition) is 3. The highest BCUT2D eigenvalue weighted by Gasteiger charge is 2.16. The number of halogens is 2. The fraction of sp³-hybridized carbons (Fsp3) is 0.455. The second-order valence-corrected chi connectivity index (χ2v) is 4.24. The third kappa shape index (κ3) is 3.52. The van der Waals surface area contributed by atoms with E-state index in [2.05, 4.69) is 5.32 Å². The van der Waals surface area contributed by atoms with Crippen molar-refractivity contribution in [1.29, 1.82) is 0 Å². The van der Waals surface area contributed by atoms with E-state index in [4.69, 9.17) is 32.7 Å². The van der Waals surface area contributed by atoms with Crippen molar-refractivity contribution in [1.82, 2.24) is 0 Å². The molecule has 0 bridgehead atoms. The Morgan fingerprint density at radius 3 is 2.31 bits per heavy atom. The van der Waals surface area contributed by atoms with Crippen LogP contribution in [0.2, 0.25) is 10.0 Å². The summed E-state index contributed by atoms with van der Waals surface area (Å²) in [5.74, 6) is 0. The predicted molar refractivity (Wildman–Crippen MR) is 67.4 cm³/mol. The lowest BCUT2D eigenvalue weighted by Gasteiger charge is -2.23. The van der Waals surface area contributed by atoms with Crippen LogP contribution in [0.1, 0.15) is 6.92 Å². The molecule has 0 spiro atoms.